The number of anilines is 1. The van der Waals surface area contributed by atoms with Crippen molar-refractivity contribution >= 4 is 16.7 Å². The number of nitrogens with one attached hydrogen (secondary N) is 1. The van der Waals surface area contributed by atoms with Gasteiger partial charge in [0.15, 0.2) is 0 Å². The molecule has 3 aliphatic rings. The lowest BCUT2D eigenvalue weighted by Crippen LogP contribution is -2.32. The van der Waals surface area contributed by atoms with Crippen molar-refractivity contribution in [2.45, 2.75) is 19.8 Å². The van der Waals surface area contributed by atoms with Gasteiger partial charge in [-0.1, -0.05) is 31.2 Å². The van der Waals surface area contributed by atoms with Crippen LogP contribution in [0.2, 0.25) is 0 Å². The van der Waals surface area contributed by atoms with E-state index < -0.39 is 10.8 Å². The van der Waals surface area contributed by atoms with E-state index in [2.05, 4.69) is 46.6 Å². The summed E-state index contributed by atoms with van der Waals surface area (Å²) in [5.41, 5.74) is 2.86. The van der Waals surface area contributed by atoms with Crippen molar-refractivity contribution in [2.75, 3.05) is 50.2 Å². The van der Waals surface area contributed by atoms with Crippen molar-refractivity contribution in [3.63, 3.8) is 0 Å². The van der Waals surface area contributed by atoms with Crippen LogP contribution in [0, 0.1) is 11.3 Å². The normalized spacial score (nSPS) is 25.4. The number of hydrogen-bond donors (Lipinski definition) is 1. The summed E-state index contributed by atoms with van der Waals surface area (Å²) in [6, 6.07) is 9.95. The molecule has 1 N–H and O–H groups in total. The highest BCUT2D eigenvalue weighted by Gasteiger charge is 2.61. The standard InChI is InChI=1S/C28H34N4O3S.H2/c1-3-36(33)17-16-35-26-11-10-25-23-19-28(23,26)20-32(2)14-5-4-6-15-34-22-9-7-8-21(18-22)24-12-13-29-27(30-24)31-25;/h4-5,7-13,18,23H,3,6,14-17,19-20H2,1-2H3,(H,29,30,31);1H/b5-4-;. The fraction of sp³-hybridized carbons (Fsp3) is 0.429. The quantitative estimate of drug-likeness (QED) is 0.590. The first-order chi connectivity index (χ1) is 17.6. The van der Waals surface area contributed by atoms with Crippen LogP contribution in [-0.4, -0.2) is 63.9 Å². The lowest BCUT2D eigenvalue weighted by atomic mass is 9.94. The van der Waals surface area contributed by atoms with Crippen molar-refractivity contribution in [1.29, 1.82) is 0 Å². The number of fused-ring (bicyclic) bond motifs is 5. The summed E-state index contributed by atoms with van der Waals surface area (Å²) >= 11 is 0. The fourth-order valence-electron chi connectivity index (χ4n) is 5.01. The molecule has 6 bridgehead atoms. The maximum absolute atomic E-state index is 11.9. The summed E-state index contributed by atoms with van der Waals surface area (Å²) in [6.07, 6.45) is 12.2. The van der Waals surface area contributed by atoms with Gasteiger partial charge in [-0.3, -0.25) is 4.21 Å². The van der Waals surface area contributed by atoms with Gasteiger partial charge in [0.1, 0.15) is 11.5 Å². The molecule has 1 aliphatic heterocycles. The Kier molecular flexibility index (Phi) is 7.53. The molecule has 3 unspecified atom stereocenters. The maximum atomic E-state index is 11.9. The van der Waals surface area contributed by atoms with Crippen molar-refractivity contribution < 1.29 is 15.1 Å². The summed E-state index contributed by atoms with van der Waals surface area (Å²) in [4.78, 5) is 11.6. The molecule has 2 aromatic rings. The topological polar surface area (TPSA) is 76.6 Å². The Hall–Kier alpha value is -2.97. The highest BCUT2D eigenvalue weighted by molar-refractivity contribution is 7.84. The monoisotopic (exact) mass is 508 g/mol. The van der Waals surface area contributed by atoms with Crippen LogP contribution in [0.25, 0.3) is 11.3 Å². The number of nitrogens with zero attached hydrogens (tertiary/aromatic N) is 3. The Morgan fingerprint density at radius 3 is 3.11 bits per heavy atom. The predicted molar refractivity (Wildman–Crippen MR) is 146 cm³/mol. The Morgan fingerprint density at radius 1 is 1.31 bits per heavy atom. The summed E-state index contributed by atoms with van der Waals surface area (Å²) < 4.78 is 24.1. The minimum atomic E-state index is -0.834. The van der Waals surface area contributed by atoms with Gasteiger partial charge in [-0.15, -0.1) is 0 Å². The highest BCUT2D eigenvalue weighted by Crippen LogP contribution is 2.63. The Balaban J connectivity index is 0.00000320. The Morgan fingerprint density at radius 2 is 2.22 bits per heavy atom. The van der Waals surface area contributed by atoms with Crippen LogP contribution in [-0.2, 0) is 15.5 Å². The van der Waals surface area contributed by atoms with Gasteiger partial charge in [0.25, 0.3) is 0 Å². The SMILES string of the molecule is CCS(=O)CCOC1=CC=C2Nc3nccc(n3)-c3cccc(c3)OCC/C=C\CN(C)CC13CC23.[HH]. The first-order valence-corrected chi connectivity index (χ1v) is 14.1. The summed E-state index contributed by atoms with van der Waals surface area (Å²) in [5.74, 6) is 3.95. The molecular formula is C28H36N4O3S. The molecule has 2 aliphatic carbocycles. The van der Waals surface area contributed by atoms with Crippen molar-refractivity contribution in [1.82, 2.24) is 14.9 Å². The van der Waals surface area contributed by atoms with E-state index in [1.165, 1.54) is 0 Å². The number of aromatic nitrogens is 2. The third-order valence-electron chi connectivity index (χ3n) is 6.98. The Labute approximate surface area is 217 Å². The number of benzene rings is 1. The second-order valence-electron chi connectivity index (χ2n) is 9.57. The molecule has 0 radical (unpaired) electrons. The molecule has 192 valence electrons. The number of rotatable bonds is 5. The van der Waals surface area contributed by atoms with Crippen molar-refractivity contribution in [2.24, 2.45) is 11.3 Å². The van der Waals surface area contributed by atoms with E-state index in [1.807, 2.05) is 37.3 Å². The molecule has 0 spiro atoms. The van der Waals surface area contributed by atoms with Gasteiger partial charge < -0.3 is 19.7 Å². The van der Waals surface area contributed by atoms with E-state index in [9.17, 15) is 4.21 Å². The number of hydrogen-bond acceptors (Lipinski definition) is 7. The van der Waals surface area contributed by atoms with Gasteiger partial charge in [0.2, 0.25) is 5.95 Å². The van der Waals surface area contributed by atoms with Crippen molar-refractivity contribution in [3.8, 4) is 17.0 Å². The lowest BCUT2D eigenvalue weighted by molar-refractivity contribution is 0.155. The molecule has 1 aromatic heterocycles. The van der Waals surface area contributed by atoms with Gasteiger partial charge in [0.05, 0.1) is 24.7 Å². The van der Waals surface area contributed by atoms with Crippen LogP contribution in [0.1, 0.15) is 21.2 Å². The molecular weight excluding hydrogens is 472 g/mol. The van der Waals surface area contributed by atoms with E-state index in [-0.39, 0.29) is 6.84 Å². The molecule has 2 heterocycles. The van der Waals surface area contributed by atoms with Gasteiger partial charge >= 0.3 is 0 Å². The summed E-state index contributed by atoms with van der Waals surface area (Å²) in [7, 11) is 1.32. The first kappa shape index (κ1) is 24.7. The zero-order valence-corrected chi connectivity index (χ0v) is 21.8. The van der Waals surface area contributed by atoms with Crippen molar-refractivity contribution in [3.05, 3.63) is 72.3 Å². The van der Waals surface area contributed by atoms with E-state index in [4.69, 9.17) is 14.5 Å². The predicted octanol–water partition coefficient (Wildman–Crippen LogP) is 4.64. The van der Waals surface area contributed by atoms with E-state index in [0.29, 0.717) is 36.6 Å². The number of allylic oxidation sites excluding steroid dienone is 3. The third kappa shape index (κ3) is 5.55. The summed E-state index contributed by atoms with van der Waals surface area (Å²) in [5, 5.41) is 3.49. The molecule has 36 heavy (non-hydrogen) atoms. The van der Waals surface area contributed by atoms with Gasteiger partial charge in [-0.2, -0.15) is 0 Å². The zero-order valence-electron chi connectivity index (χ0n) is 21.0. The largest absolute Gasteiger partial charge is 0.496 e. The van der Waals surface area contributed by atoms with Crippen LogP contribution in [0.5, 0.6) is 5.75 Å². The Bertz CT molecular complexity index is 1220. The van der Waals surface area contributed by atoms with E-state index in [0.717, 1.165) is 54.4 Å². The van der Waals surface area contributed by atoms with Gasteiger partial charge in [0, 0.05) is 59.9 Å². The summed E-state index contributed by atoms with van der Waals surface area (Å²) in [6.45, 7) is 4.78. The van der Waals surface area contributed by atoms with Gasteiger partial charge in [-0.05, 0) is 50.2 Å². The lowest BCUT2D eigenvalue weighted by Gasteiger charge is -2.29. The fourth-order valence-corrected chi connectivity index (χ4v) is 5.57. The maximum Gasteiger partial charge on any atom is 0.227 e. The molecule has 5 rings (SSSR count). The highest BCUT2D eigenvalue weighted by atomic mass is 32.2. The van der Waals surface area contributed by atoms with Crippen LogP contribution in [0.3, 0.4) is 0 Å². The van der Waals surface area contributed by atoms with Crippen LogP contribution < -0.4 is 10.1 Å². The zero-order chi connectivity index (χ0) is 25.0. The molecule has 1 fully saturated rings. The second kappa shape index (κ2) is 11.0. The van der Waals surface area contributed by atoms with Gasteiger partial charge in [-0.25, -0.2) is 9.97 Å². The van der Waals surface area contributed by atoms with Crippen LogP contribution in [0.4, 0.5) is 5.95 Å². The first-order valence-electron chi connectivity index (χ1n) is 12.6. The average Bonchev–Trinajstić information content (AvgIpc) is 3.62. The molecule has 0 amide bonds. The molecule has 7 nitrogen and oxygen atoms in total. The smallest absolute Gasteiger partial charge is 0.227 e. The van der Waals surface area contributed by atoms with E-state index >= 15 is 0 Å². The second-order valence-corrected chi connectivity index (χ2v) is 11.4. The number of likely N-dealkylation sites (N-methyl/N-ethyl adjacent to an activating group) is 1. The van der Waals surface area contributed by atoms with Crippen LogP contribution in [0.15, 0.2) is 72.3 Å². The molecule has 3 atom stereocenters. The molecule has 0 saturated heterocycles. The average molecular weight is 509 g/mol. The van der Waals surface area contributed by atoms with Crippen LogP contribution >= 0.6 is 0 Å². The minimum Gasteiger partial charge on any atom is -0.496 e. The minimum absolute atomic E-state index is 0. The molecule has 1 aromatic carbocycles. The van der Waals surface area contributed by atoms with E-state index in [1.54, 1.807) is 6.20 Å². The molecule has 1 saturated carbocycles. The third-order valence-corrected chi connectivity index (χ3v) is 8.24. The molecule has 8 heteroatoms. The number of ether oxygens (including phenoxy) is 2.